The highest BCUT2D eigenvalue weighted by Gasteiger charge is 2.25. The summed E-state index contributed by atoms with van der Waals surface area (Å²) in [5.41, 5.74) is -0.401. The number of aromatic nitrogens is 1. The number of halogens is 5. The first-order valence-electron chi connectivity index (χ1n) is 5.29. The molecule has 0 aliphatic carbocycles. The monoisotopic (exact) mass is 276 g/mol. The van der Waals surface area contributed by atoms with E-state index in [1.54, 1.807) is 29.9 Å². The van der Waals surface area contributed by atoms with Gasteiger partial charge in [0.25, 0.3) is 0 Å². The van der Waals surface area contributed by atoms with Crippen LogP contribution in [-0.4, -0.2) is 4.57 Å². The molecule has 0 aliphatic heterocycles. The lowest BCUT2D eigenvalue weighted by molar-refractivity contribution is 0.381. The zero-order valence-corrected chi connectivity index (χ0v) is 9.78. The Morgan fingerprint density at radius 1 is 0.947 bits per heavy atom. The highest BCUT2D eigenvalue weighted by atomic mass is 19.2. The fourth-order valence-electron chi connectivity index (χ4n) is 1.62. The van der Waals surface area contributed by atoms with Crippen molar-refractivity contribution < 1.29 is 22.0 Å². The molecule has 0 spiro atoms. The third-order valence-corrected chi connectivity index (χ3v) is 2.71. The molecule has 0 saturated carbocycles. The fraction of sp³-hybridized carbons (Fsp3) is 0.167. The lowest BCUT2D eigenvalue weighted by Crippen LogP contribution is -2.11. The van der Waals surface area contributed by atoms with Crippen LogP contribution in [0.4, 0.5) is 27.6 Å². The van der Waals surface area contributed by atoms with Crippen molar-refractivity contribution in [2.45, 2.75) is 6.54 Å². The molecule has 2 rings (SSSR count). The van der Waals surface area contributed by atoms with E-state index in [0.717, 1.165) is 0 Å². The summed E-state index contributed by atoms with van der Waals surface area (Å²) < 4.78 is 67.0. The van der Waals surface area contributed by atoms with Crippen LogP contribution < -0.4 is 5.32 Å². The molecule has 0 amide bonds. The first-order chi connectivity index (χ1) is 8.93. The van der Waals surface area contributed by atoms with Gasteiger partial charge in [0, 0.05) is 18.9 Å². The lowest BCUT2D eigenvalue weighted by Gasteiger charge is -2.11. The Morgan fingerprint density at radius 3 is 1.95 bits per heavy atom. The fourth-order valence-corrected chi connectivity index (χ4v) is 1.62. The van der Waals surface area contributed by atoms with E-state index >= 15 is 0 Å². The molecule has 19 heavy (non-hydrogen) atoms. The van der Waals surface area contributed by atoms with Crippen molar-refractivity contribution in [3.05, 3.63) is 53.1 Å². The van der Waals surface area contributed by atoms with Crippen LogP contribution >= 0.6 is 0 Å². The van der Waals surface area contributed by atoms with Crippen molar-refractivity contribution in [3.8, 4) is 0 Å². The largest absolute Gasteiger partial charge is 0.375 e. The minimum atomic E-state index is -2.17. The summed E-state index contributed by atoms with van der Waals surface area (Å²) in [4.78, 5) is 0. The molecule has 0 radical (unpaired) electrons. The van der Waals surface area contributed by atoms with Gasteiger partial charge in [-0.3, -0.25) is 0 Å². The Bertz CT molecular complexity index is 592. The molecule has 102 valence electrons. The molecule has 0 unspecified atom stereocenters. The van der Waals surface area contributed by atoms with Crippen molar-refractivity contribution in [3.63, 3.8) is 0 Å². The molecule has 7 heteroatoms. The highest BCUT2D eigenvalue weighted by molar-refractivity contribution is 5.48. The number of benzene rings is 1. The predicted molar refractivity (Wildman–Crippen MR) is 59.0 cm³/mol. The van der Waals surface area contributed by atoms with Crippen LogP contribution in [0.15, 0.2) is 18.3 Å². The third kappa shape index (κ3) is 2.27. The molecule has 2 nitrogen and oxygen atoms in total. The topological polar surface area (TPSA) is 17.0 Å². The van der Waals surface area contributed by atoms with Crippen LogP contribution in [0.1, 0.15) is 5.69 Å². The van der Waals surface area contributed by atoms with Gasteiger partial charge >= 0.3 is 0 Å². The van der Waals surface area contributed by atoms with Gasteiger partial charge in [0.1, 0.15) is 5.69 Å². The van der Waals surface area contributed by atoms with Crippen LogP contribution in [0.2, 0.25) is 0 Å². The molecule has 1 aromatic heterocycles. The Kier molecular flexibility index (Phi) is 3.46. The Labute approximate surface area is 105 Å². The first kappa shape index (κ1) is 13.4. The molecular weight excluding hydrogens is 267 g/mol. The van der Waals surface area contributed by atoms with Gasteiger partial charge in [0.15, 0.2) is 23.3 Å². The van der Waals surface area contributed by atoms with E-state index in [9.17, 15) is 22.0 Å². The number of aryl methyl sites for hydroxylation is 1. The van der Waals surface area contributed by atoms with Crippen molar-refractivity contribution in [1.82, 2.24) is 4.57 Å². The van der Waals surface area contributed by atoms with Crippen molar-refractivity contribution in [2.75, 3.05) is 5.32 Å². The van der Waals surface area contributed by atoms with Gasteiger partial charge in [-0.1, -0.05) is 0 Å². The normalized spacial score (nSPS) is 10.8. The molecular formula is C12H9F5N2. The van der Waals surface area contributed by atoms with Crippen LogP contribution in [0.5, 0.6) is 0 Å². The average Bonchev–Trinajstić information content (AvgIpc) is 2.80. The molecule has 0 aliphatic rings. The molecule has 0 saturated heterocycles. The maximum absolute atomic E-state index is 13.3. The number of nitrogens with zero attached hydrogens (tertiary/aromatic N) is 1. The van der Waals surface area contributed by atoms with Gasteiger partial charge in [0.2, 0.25) is 5.82 Å². The van der Waals surface area contributed by atoms with Crippen LogP contribution in [0, 0.1) is 29.1 Å². The minimum absolute atomic E-state index is 0.0676. The molecule has 1 aromatic carbocycles. The van der Waals surface area contributed by atoms with E-state index in [1.807, 2.05) is 0 Å². The van der Waals surface area contributed by atoms with E-state index < -0.39 is 34.8 Å². The lowest BCUT2D eigenvalue weighted by atomic mass is 10.2. The number of hydrogen-bond donors (Lipinski definition) is 1. The third-order valence-electron chi connectivity index (χ3n) is 2.71. The van der Waals surface area contributed by atoms with Gasteiger partial charge in [-0.2, -0.15) is 0 Å². The second-order valence-corrected chi connectivity index (χ2v) is 3.91. The summed E-state index contributed by atoms with van der Waals surface area (Å²) in [5.74, 6) is -9.84. The second kappa shape index (κ2) is 4.91. The summed E-state index contributed by atoms with van der Waals surface area (Å²) in [6.07, 6.45) is 1.69. The maximum atomic E-state index is 13.3. The zero-order valence-electron chi connectivity index (χ0n) is 9.78. The highest BCUT2D eigenvalue weighted by Crippen LogP contribution is 2.27. The Balaban J connectivity index is 2.33. The minimum Gasteiger partial charge on any atom is -0.375 e. The van der Waals surface area contributed by atoms with Gasteiger partial charge in [0.05, 0.1) is 6.54 Å². The summed E-state index contributed by atoms with van der Waals surface area (Å²) >= 11 is 0. The number of rotatable bonds is 3. The average molecular weight is 276 g/mol. The second-order valence-electron chi connectivity index (χ2n) is 3.91. The first-order valence-corrected chi connectivity index (χ1v) is 5.29. The maximum Gasteiger partial charge on any atom is 0.200 e. The molecule has 1 N–H and O–H groups in total. The van der Waals surface area contributed by atoms with Crippen molar-refractivity contribution in [2.24, 2.45) is 7.05 Å². The van der Waals surface area contributed by atoms with E-state index in [1.165, 1.54) is 0 Å². The molecule has 0 atom stereocenters. The number of hydrogen-bond acceptors (Lipinski definition) is 1. The quantitative estimate of drug-likeness (QED) is 0.517. The smallest absolute Gasteiger partial charge is 0.200 e. The molecule has 0 fully saturated rings. The number of anilines is 1. The van der Waals surface area contributed by atoms with E-state index in [0.29, 0.717) is 5.69 Å². The standard InChI is InChI=1S/C12H9F5N2/c1-19-4-2-3-6(19)5-18-12-10(16)8(14)7(13)9(15)11(12)17/h2-4,18H,5H2,1H3. The van der Waals surface area contributed by atoms with Gasteiger partial charge in [-0.15, -0.1) is 0 Å². The molecule has 1 heterocycles. The van der Waals surface area contributed by atoms with E-state index in [-0.39, 0.29) is 6.54 Å². The summed E-state index contributed by atoms with van der Waals surface area (Å²) in [6.45, 7) is -0.0676. The predicted octanol–water partition coefficient (Wildman–Crippen LogP) is 3.33. The SMILES string of the molecule is Cn1cccc1CNc1c(F)c(F)c(F)c(F)c1F. The van der Waals surface area contributed by atoms with Crippen molar-refractivity contribution in [1.29, 1.82) is 0 Å². The zero-order chi connectivity index (χ0) is 14.2. The summed E-state index contributed by atoms with van der Waals surface area (Å²) in [7, 11) is 1.69. The molecule has 0 bridgehead atoms. The van der Waals surface area contributed by atoms with E-state index in [2.05, 4.69) is 5.32 Å². The molecule has 2 aromatic rings. The van der Waals surface area contributed by atoms with Crippen LogP contribution in [0.3, 0.4) is 0 Å². The van der Waals surface area contributed by atoms with E-state index in [4.69, 9.17) is 0 Å². The van der Waals surface area contributed by atoms with Crippen molar-refractivity contribution >= 4 is 5.69 Å². The van der Waals surface area contributed by atoms with Gasteiger partial charge in [-0.25, -0.2) is 22.0 Å². The van der Waals surface area contributed by atoms with Crippen LogP contribution in [0.25, 0.3) is 0 Å². The Morgan fingerprint density at radius 2 is 1.47 bits per heavy atom. The number of nitrogens with one attached hydrogen (secondary N) is 1. The van der Waals surface area contributed by atoms with Gasteiger partial charge < -0.3 is 9.88 Å². The Hall–Kier alpha value is -2.05. The summed E-state index contributed by atoms with van der Waals surface area (Å²) in [6, 6.07) is 3.34. The van der Waals surface area contributed by atoms with Crippen LogP contribution in [-0.2, 0) is 13.6 Å². The van der Waals surface area contributed by atoms with Gasteiger partial charge in [-0.05, 0) is 12.1 Å². The summed E-state index contributed by atoms with van der Waals surface area (Å²) in [5, 5.41) is 2.22.